The molecule has 3 heteroatoms. The maximum Gasteiger partial charge on any atom is 0.0460 e. The summed E-state index contributed by atoms with van der Waals surface area (Å²) in [7, 11) is 0. The summed E-state index contributed by atoms with van der Waals surface area (Å²) < 4.78 is 0. The van der Waals surface area contributed by atoms with Gasteiger partial charge in [0.2, 0.25) is 0 Å². The number of aliphatic hydroxyl groups excluding tert-OH is 1. The molecule has 0 aromatic carbocycles. The summed E-state index contributed by atoms with van der Waals surface area (Å²) in [6.45, 7) is 6.12. The van der Waals surface area contributed by atoms with Crippen molar-refractivity contribution in [3.8, 4) is 0 Å². The van der Waals surface area contributed by atoms with Crippen LogP contribution in [-0.4, -0.2) is 48.3 Å². The predicted molar refractivity (Wildman–Crippen MR) is 71.1 cm³/mol. The average Bonchev–Trinajstić information content (AvgIpc) is 2.40. The summed E-state index contributed by atoms with van der Waals surface area (Å²) in [6.07, 6.45) is 7.81. The van der Waals surface area contributed by atoms with Gasteiger partial charge in [-0.1, -0.05) is 6.92 Å². The van der Waals surface area contributed by atoms with Crippen LogP contribution >= 0.6 is 0 Å². The third-order valence-corrected chi connectivity index (χ3v) is 4.61. The van der Waals surface area contributed by atoms with Crippen LogP contribution in [0.2, 0.25) is 0 Å². The molecule has 0 amide bonds. The van der Waals surface area contributed by atoms with Crippen molar-refractivity contribution in [3.05, 3.63) is 0 Å². The van der Waals surface area contributed by atoms with Gasteiger partial charge in [0.15, 0.2) is 0 Å². The fourth-order valence-corrected chi connectivity index (χ4v) is 3.43. The van der Waals surface area contributed by atoms with E-state index in [9.17, 15) is 0 Å². The molecule has 2 rings (SSSR count). The van der Waals surface area contributed by atoms with E-state index >= 15 is 0 Å². The highest BCUT2D eigenvalue weighted by atomic mass is 16.3. The number of hydrogen-bond acceptors (Lipinski definition) is 3. The van der Waals surface area contributed by atoms with Crippen LogP contribution in [0.25, 0.3) is 0 Å². The number of rotatable bonds is 4. The van der Waals surface area contributed by atoms with Gasteiger partial charge in [-0.2, -0.15) is 0 Å². The van der Waals surface area contributed by atoms with Crippen molar-refractivity contribution >= 4 is 0 Å². The highest BCUT2D eigenvalue weighted by Crippen LogP contribution is 2.27. The quantitative estimate of drug-likeness (QED) is 0.784. The van der Waals surface area contributed by atoms with E-state index in [1.807, 2.05) is 0 Å². The molecule has 100 valence electrons. The van der Waals surface area contributed by atoms with Crippen LogP contribution in [0.3, 0.4) is 0 Å². The normalized spacial score (nSPS) is 32.8. The first-order valence-corrected chi connectivity index (χ1v) is 7.41. The Morgan fingerprint density at radius 1 is 1.06 bits per heavy atom. The predicted octanol–water partition coefficient (Wildman–Crippen LogP) is 1.61. The smallest absolute Gasteiger partial charge is 0.0460 e. The standard InChI is InChI=1S/C14H28N2O/c1-2-15-13-3-5-14(6-4-13)16-9-7-12(11-17)8-10-16/h12-15,17H,2-11H2,1H3. The molecule has 0 bridgehead atoms. The van der Waals surface area contributed by atoms with Gasteiger partial charge in [-0.25, -0.2) is 0 Å². The van der Waals surface area contributed by atoms with E-state index in [1.54, 1.807) is 0 Å². The zero-order valence-electron chi connectivity index (χ0n) is 11.2. The Kier molecular flexibility index (Phi) is 5.26. The van der Waals surface area contributed by atoms with Gasteiger partial charge in [-0.3, -0.25) is 0 Å². The topological polar surface area (TPSA) is 35.5 Å². The first-order valence-electron chi connectivity index (χ1n) is 7.41. The molecular weight excluding hydrogens is 212 g/mol. The summed E-state index contributed by atoms with van der Waals surface area (Å²) in [5.41, 5.74) is 0. The molecule has 0 unspecified atom stereocenters. The van der Waals surface area contributed by atoms with Crippen molar-refractivity contribution in [3.63, 3.8) is 0 Å². The van der Waals surface area contributed by atoms with Crippen LogP contribution in [0.1, 0.15) is 45.4 Å². The minimum Gasteiger partial charge on any atom is -0.396 e. The third kappa shape index (κ3) is 3.67. The second-order valence-electron chi connectivity index (χ2n) is 5.73. The molecule has 1 aliphatic carbocycles. The summed E-state index contributed by atoms with van der Waals surface area (Å²) in [5, 5.41) is 12.7. The lowest BCUT2D eigenvalue weighted by Gasteiger charge is -2.40. The molecule has 1 saturated heterocycles. The van der Waals surface area contributed by atoms with E-state index in [-0.39, 0.29) is 0 Å². The largest absolute Gasteiger partial charge is 0.396 e. The van der Waals surface area contributed by atoms with Gasteiger partial charge in [-0.05, 0) is 64.1 Å². The lowest BCUT2D eigenvalue weighted by Crippen LogP contribution is -2.46. The second kappa shape index (κ2) is 6.72. The first kappa shape index (κ1) is 13.3. The molecule has 1 aliphatic heterocycles. The minimum atomic E-state index is 0.390. The van der Waals surface area contributed by atoms with E-state index in [0.29, 0.717) is 12.5 Å². The zero-order valence-corrected chi connectivity index (χ0v) is 11.2. The molecule has 0 spiro atoms. The molecule has 0 radical (unpaired) electrons. The van der Waals surface area contributed by atoms with Gasteiger partial charge in [0, 0.05) is 18.7 Å². The van der Waals surface area contributed by atoms with Crippen molar-refractivity contribution in [2.75, 3.05) is 26.2 Å². The van der Waals surface area contributed by atoms with E-state index in [4.69, 9.17) is 5.11 Å². The Morgan fingerprint density at radius 2 is 1.71 bits per heavy atom. The fourth-order valence-electron chi connectivity index (χ4n) is 3.43. The molecule has 0 aromatic rings. The first-order chi connectivity index (χ1) is 8.33. The maximum absolute atomic E-state index is 9.15. The molecular formula is C14H28N2O. The molecule has 0 aromatic heterocycles. The van der Waals surface area contributed by atoms with Gasteiger partial charge in [0.05, 0.1) is 0 Å². The molecule has 1 saturated carbocycles. The Balaban J connectivity index is 1.70. The zero-order chi connectivity index (χ0) is 12.1. The number of piperidine rings is 1. The minimum absolute atomic E-state index is 0.390. The molecule has 2 fully saturated rings. The van der Waals surface area contributed by atoms with Gasteiger partial charge < -0.3 is 15.3 Å². The Bertz CT molecular complexity index is 206. The van der Waals surface area contributed by atoms with Crippen LogP contribution < -0.4 is 5.32 Å². The third-order valence-electron chi connectivity index (χ3n) is 4.61. The number of nitrogens with one attached hydrogen (secondary N) is 1. The lowest BCUT2D eigenvalue weighted by molar-refractivity contribution is 0.0791. The van der Waals surface area contributed by atoms with Crippen LogP contribution in [-0.2, 0) is 0 Å². The highest BCUT2D eigenvalue weighted by molar-refractivity contribution is 4.85. The SMILES string of the molecule is CCNC1CCC(N2CCC(CO)CC2)CC1. The number of aliphatic hydroxyl groups is 1. The van der Waals surface area contributed by atoms with Crippen LogP contribution in [0.4, 0.5) is 0 Å². The Hall–Kier alpha value is -0.120. The van der Waals surface area contributed by atoms with Gasteiger partial charge in [-0.15, -0.1) is 0 Å². The molecule has 1 heterocycles. The molecule has 3 nitrogen and oxygen atoms in total. The van der Waals surface area contributed by atoms with Crippen molar-refractivity contribution in [1.82, 2.24) is 10.2 Å². The van der Waals surface area contributed by atoms with E-state index < -0.39 is 0 Å². The van der Waals surface area contributed by atoms with Crippen LogP contribution in [0, 0.1) is 5.92 Å². The summed E-state index contributed by atoms with van der Waals surface area (Å²) >= 11 is 0. The number of likely N-dealkylation sites (tertiary alicyclic amines) is 1. The van der Waals surface area contributed by atoms with E-state index in [1.165, 1.54) is 51.6 Å². The van der Waals surface area contributed by atoms with Crippen LogP contribution in [0.5, 0.6) is 0 Å². The van der Waals surface area contributed by atoms with Crippen molar-refractivity contribution in [1.29, 1.82) is 0 Å². The lowest BCUT2D eigenvalue weighted by atomic mass is 9.88. The fraction of sp³-hybridized carbons (Fsp3) is 1.00. The monoisotopic (exact) mass is 240 g/mol. The van der Waals surface area contributed by atoms with Crippen molar-refractivity contribution in [2.45, 2.75) is 57.5 Å². The second-order valence-corrected chi connectivity index (χ2v) is 5.73. The van der Waals surface area contributed by atoms with Crippen molar-refractivity contribution in [2.24, 2.45) is 5.92 Å². The summed E-state index contributed by atoms with van der Waals surface area (Å²) in [4.78, 5) is 2.67. The number of nitrogens with zero attached hydrogens (tertiary/aromatic N) is 1. The van der Waals surface area contributed by atoms with Gasteiger partial charge in [0.1, 0.15) is 0 Å². The Labute approximate surface area is 106 Å². The molecule has 0 atom stereocenters. The Morgan fingerprint density at radius 3 is 2.24 bits per heavy atom. The number of hydrogen-bond donors (Lipinski definition) is 2. The van der Waals surface area contributed by atoms with Gasteiger partial charge in [0.25, 0.3) is 0 Å². The van der Waals surface area contributed by atoms with Crippen LogP contribution in [0.15, 0.2) is 0 Å². The molecule has 2 N–H and O–H groups in total. The van der Waals surface area contributed by atoms with Gasteiger partial charge >= 0.3 is 0 Å². The maximum atomic E-state index is 9.15. The molecule has 2 aliphatic rings. The molecule has 17 heavy (non-hydrogen) atoms. The highest BCUT2D eigenvalue weighted by Gasteiger charge is 2.28. The van der Waals surface area contributed by atoms with E-state index in [0.717, 1.165) is 18.6 Å². The summed E-state index contributed by atoms with van der Waals surface area (Å²) in [6, 6.07) is 1.59. The summed E-state index contributed by atoms with van der Waals surface area (Å²) in [5.74, 6) is 0.573. The van der Waals surface area contributed by atoms with E-state index in [2.05, 4.69) is 17.1 Å². The average molecular weight is 240 g/mol. The van der Waals surface area contributed by atoms with Crippen molar-refractivity contribution < 1.29 is 5.11 Å².